The first-order valence-electron chi connectivity index (χ1n) is 13.6. The highest BCUT2D eigenvalue weighted by molar-refractivity contribution is 5.82. The molecule has 1 unspecified atom stereocenters. The van der Waals surface area contributed by atoms with Crippen molar-refractivity contribution >= 4 is 5.91 Å². The molecule has 3 aromatic rings. The minimum absolute atomic E-state index is 0.135. The Morgan fingerprint density at radius 3 is 2.27 bits per heavy atom. The molecule has 5 heteroatoms. The second-order valence-corrected chi connectivity index (χ2v) is 10.5. The molecule has 1 atom stereocenters. The summed E-state index contributed by atoms with van der Waals surface area (Å²) in [6, 6.07) is 26.9. The lowest BCUT2D eigenvalue weighted by Crippen LogP contribution is -2.37. The molecule has 1 saturated heterocycles. The van der Waals surface area contributed by atoms with Crippen molar-refractivity contribution in [2.75, 3.05) is 26.2 Å². The van der Waals surface area contributed by atoms with Gasteiger partial charge in [0.1, 0.15) is 0 Å². The van der Waals surface area contributed by atoms with E-state index < -0.39 is 0 Å². The summed E-state index contributed by atoms with van der Waals surface area (Å²) in [5.41, 5.74) is 3.64. The number of hydrogen-bond donors (Lipinski definition) is 2. The predicted octanol–water partition coefficient (Wildman–Crippen LogP) is 5.73. The largest absolute Gasteiger partial charge is 0.504 e. The zero-order valence-electron chi connectivity index (χ0n) is 21.7. The standard InChI is InChI=1S/C32H38N2O3/c1-2-37-29-15-9-14-26(30(29)35)23-34-20-17-32(18-21-34)22-28(32)31(36)33-19-16-27(24-10-5-3-6-11-24)25-12-7-4-8-13-25/h3-15,27-28,35H,2,16-23H2,1H3,(H,33,36). The second kappa shape index (κ2) is 11.4. The van der Waals surface area contributed by atoms with Crippen LogP contribution in [0.2, 0.25) is 0 Å². The summed E-state index contributed by atoms with van der Waals surface area (Å²) >= 11 is 0. The van der Waals surface area contributed by atoms with E-state index in [4.69, 9.17) is 4.74 Å². The van der Waals surface area contributed by atoms with Gasteiger partial charge < -0.3 is 15.2 Å². The fourth-order valence-electron chi connectivity index (χ4n) is 6.00. The van der Waals surface area contributed by atoms with Gasteiger partial charge >= 0.3 is 0 Å². The van der Waals surface area contributed by atoms with E-state index in [9.17, 15) is 9.90 Å². The quantitative estimate of drug-likeness (QED) is 0.375. The molecular weight excluding hydrogens is 460 g/mol. The minimum Gasteiger partial charge on any atom is -0.504 e. The zero-order chi connectivity index (χ0) is 25.7. The predicted molar refractivity (Wildman–Crippen MR) is 147 cm³/mol. The van der Waals surface area contributed by atoms with E-state index in [1.165, 1.54) is 11.1 Å². The van der Waals surface area contributed by atoms with Gasteiger partial charge in [-0.2, -0.15) is 0 Å². The maximum atomic E-state index is 13.1. The van der Waals surface area contributed by atoms with Crippen LogP contribution in [0.5, 0.6) is 11.5 Å². The number of ether oxygens (including phenoxy) is 1. The molecule has 0 radical (unpaired) electrons. The van der Waals surface area contributed by atoms with Gasteiger partial charge in [-0.05, 0) is 68.3 Å². The molecule has 2 aliphatic rings. The number of piperidine rings is 1. The number of aromatic hydroxyl groups is 1. The highest BCUT2D eigenvalue weighted by Gasteiger charge is 2.58. The summed E-state index contributed by atoms with van der Waals surface area (Å²) in [7, 11) is 0. The summed E-state index contributed by atoms with van der Waals surface area (Å²) in [6.45, 7) is 5.75. The number of nitrogens with zero attached hydrogens (tertiary/aromatic N) is 1. The fraction of sp³-hybridized carbons (Fsp3) is 0.406. The van der Waals surface area contributed by atoms with Crippen molar-refractivity contribution < 1.29 is 14.6 Å². The molecule has 2 N–H and O–H groups in total. The summed E-state index contributed by atoms with van der Waals surface area (Å²) in [5.74, 6) is 1.43. The number of carbonyl (C=O) groups is 1. The summed E-state index contributed by atoms with van der Waals surface area (Å²) in [6.07, 6.45) is 3.96. The number of benzene rings is 3. The Kier molecular flexibility index (Phi) is 7.80. The Morgan fingerprint density at radius 2 is 1.65 bits per heavy atom. The average molecular weight is 499 g/mol. The average Bonchev–Trinajstić information content (AvgIpc) is 3.64. The van der Waals surface area contributed by atoms with E-state index in [2.05, 4.69) is 58.7 Å². The maximum absolute atomic E-state index is 13.1. The Balaban J connectivity index is 1.11. The lowest BCUT2D eigenvalue weighted by molar-refractivity contribution is -0.123. The van der Waals surface area contributed by atoms with E-state index in [1.807, 2.05) is 37.3 Å². The minimum atomic E-state index is 0.135. The van der Waals surface area contributed by atoms with Crippen molar-refractivity contribution in [3.05, 3.63) is 95.6 Å². The Morgan fingerprint density at radius 1 is 1.00 bits per heavy atom. The number of phenols is 1. The molecule has 0 aromatic heterocycles. The van der Waals surface area contributed by atoms with Crippen LogP contribution in [0.1, 0.15) is 55.2 Å². The van der Waals surface area contributed by atoms with Crippen molar-refractivity contribution in [2.24, 2.45) is 11.3 Å². The molecule has 194 valence electrons. The molecule has 1 aliphatic heterocycles. The third-order valence-electron chi connectivity index (χ3n) is 8.27. The van der Waals surface area contributed by atoms with Crippen molar-refractivity contribution in [1.29, 1.82) is 0 Å². The number of likely N-dealkylation sites (tertiary alicyclic amines) is 1. The van der Waals surface area contributed by atoms with E-state index in [1.54, 1.807) is 0 Å². The number of rotatable bonds is 10. The van der Waals surface area contributed by atoms with Crippen LogP contribution in [-0.2, 0) is 11.3 Å². The highest BCUT2D eigenvalue weighted by atomic mass is 16.5. The molecule has 5 nitrogen and oxygen atoms in total. The summed E-state index contributed by atoms with van der Waals surface area (Å²) in [4.78, 5) is 15.5. The first kappa shape index (κ1) is 25.3. The van der Waals surface area contributed by atoms with Gasteiger partial charge in [0.15, 0.2) is 11.5 Å². The maximum Gasteiger partial charge on any atom is 0.223 e. The van der Waals surface area contributed by atoms with Crippen LogP contribution in [0.3, 0.4) is 0 Å². The van der Waals surface area contributed by atoms with Gasteiger partial charge in [0, 0.05) is 30.5 Å². The normalized spacial score (nSPS) is 18.6. The van der Waals surface area contributed by atoms with Crippen LogP contribution in [0, 0.1) is 11.3 Å². The van der Waals surface area contributed by atoms with Gasteiger partial charge in [0.25, 0.3) is 0 Å². The van der Waals surface area contributed by atoms with E-state index in [0.717, 1.165) is 44.3 Å². The van der Waals surface area contributed by atoms with Crippen LogP contribution in [-0.4, -0.2) is 42.2 Å². The second-order valence-electron chi connectivity index (χ2n) is 10.5. The third kappa shape index (κ3) is 5.83. The molecule has 1 spiro atoms. The Labute approximate surface area is 220 Å². The molecule has 0 bridgehead atoms. The van der Waals surface area contributed by atoms with Crippen molar-refractivity contribution in [2.45, 2.75) is 45.1 Å². The molecular formula is C32H38N2O3. The van der Waals surface area contributed by atoms with Crippen LogP contribution >= 0.6 is 0 Å². The van der Waals surface area contributed by atoms with Gasteiger partial charge in [-0.15, -0.1) is 0 Å². The van der Waals surface area contributed by atoms with Gasteiger partial charge in [0.05, 0.1) is 6.61 Å². The number of phenolic OH excluding ortho intramolecular Hbond substituents is 1. The number of amides is 1. The Bertz CT molecular complexity index is 1130. The van der Waals surface area contributed by atoms with E-state index in [-0.39, 0.29) is 28.9 Å². The zero-order valence-corrected chi connectivity index (χ0v) is 21.7. The molecule has 1 amide bonds. The highest BCUT2D eigenvalue weighted by Crippen LogP contribution is 2.59. The van der Waals surface area contributed by atoms with Crippen LogP contribution in [0.15, 0.2) is 78.9 Å². The van der Waals surface area contributed by atoms with Crippen LogP contribution < -0.4 is 10.1 Å². The molecule has 1 heterocycles. The fourth-order valence-corrected chi connectivity index (χ4v) is 6.00. The molecule has 5 rings (SSSR count). The van der Waals surface area contributed by atoms with Crippen LogP contribution in [0.25, 0.3) is 0 Å². The number of nitrogens with one attached hydrogen (secondary N) is 1. The van der Waals surface area contributed by atoms with E-state index in [0.29, 0.717) is 25.4 Å². The summed E-state index contributed by atoms with van der Waals surface area (Å²) < 4.78 is 5.53. The van der Waals surface area contributed by atoms with Gasteiger partial charge in [-0.1, -0.05) is 72.8 Å². The Hall–Kier alpha value is -3.31. The molecule has 1 aliphatic carbocycles. The monoisotopic (exact) mass is 498 g/mol. The number of carbonyl (C=O) groups excluding carboxylic acids is 1. The topological polar surface area (TPSA) is 61.8 Å². The SMILES string of the molecule is CCOc1cccc(CN2CCC3(CC2)CC3C(=O)NCCC(c2ccccc2)c2ccccc2)c1O. The lowest BCUT2D eigenvalue weighted by Gasteiger charge is -2.33. The van der Waals surface area contributed by atoms with Gasteiger partial charge in [0.2, 0.25) is 5.91 Å². The van der Waals surface area contributed by atoms with Crippen LogP contribution in [0.4, 0.5) is 0 Å². The number of hydrogen-bond acceptors (Lipinski definition) is 4. The van der Waals surface area contributed by atoms with Crippen molar-refractivity contribution in [1.82, 2.24) is 10.2 Å². The number of para-hydroxylation sites is 1. The van der Waals surface area contributed by atoms with Crippen molar-refractivity contribution in [3.8, 4) is 11.5 Å². The lowest BCUT2D eigenvalue weighted by atomic mass is 9.88. The van der Waals surface area contributed by atoms with Gasteiger partial charge in [-0.25, -0.2) is 0 Å². The third-order valence-corrected chi connectivity index (χ3v) is 8.27. The first-order chi connectivity index (χ1) is 18.1. The van der Waals surface area contributed by atoms with Crippen molar-refractivity contribution in [3.63, 3.8) is 0 Å². The molecule has 2 fully saturated rings. The van der Waals surface area contributed by atoms with E-state index >= 15 is 0 Å². The summed E-state index contributed by atoms with van der Waals surface area (Å²) in [5, 5.41) is 13.8. The smallest absolute Gasteiger partial charge is 0.223 e. The first-order valence-corrected chi connectivity index (χ1v) is 13.6. The molecule has 37 heavy (non-hydrogen) atoms. The molecule has 3 aromatic carbocycles. The van der Waals surface area contributed by atoms with Gasteiger partial charge in [-0.3, -0.25) is 9.69 Å². The molecule has 1 saturated carbocycles.